The first-order chi connectivity index (χ1) is 13.0. The maximum absolute atomic E-state index is 12.4. The summed E-state index contributed by atoms with van der Waals surface area (Å²) in [5.74, 6) is -0.194. The number of carbonyl (C=O) groups is 3. The molecule has 1 aliphatic rings. The number of hydrogen-bond acceptors (Lipinski definition) is 3. The van der Waals surface area contributed by atoms with Gasteiger partial charge in [0.1, 0.15) is 0 Å². The summed E-state index contributed by atoms with van der Waals surface area (Å²) < 4.78 is 0. The molecule has 0 heterocycles. The summed E-state index contributed by atoms with van der Waals surface area (Å²) in [4.78, 5) is 35.6. The number of carbonyl (C=O) groups excluding carboxylic acids is 3. The summed E-state index contributed by atoms with van der Waals surface area (Å²) in [5, 5.41) is 8.50. The number of hydrogen-bond donors (Lipinski definition) is 3. The van der Waals surface area contributed by atoms with Crippen LogP contribution in [0.4, 0.5) is 11.4 Å². The van der Waals surface area contributed by atoms with Crippen molar-refractivity contribution >= 4 is 29.1 Å². The Morgan fingerprint density at radius 2 is 1.52 bits per heavy atom. The Balaban J connectivity index is 1.58. The average molecular weight is 365 g/mol. The van der Waals surface area contributed by atoms with E-state index in [0.717, 1.165) is 18.4 Å². The lowest BCUT2D eigenvalue weighted by Gasteiger charge is -2.18. The molecule has 6 heteroatoms. The number of benzene rings is 2. The van der Waals surface area contributed by atoms with Crippen molar-refractivity contribution < 1.29 is 14.4 Å². The minimum absolute atomic E-state index is 0.0489. The van der Waals surface area contributed by atoms with E-state index in [1.165, 1.54) is 6.92 Å². The first-order valence-corrected chi connectivity index (χ1v) is 9.04. The fourth-order valence-corrected chi connectivity index (χ4v) is 2.81. The molecule has 1 aliphatic carbocycles. The molecule has 6 nitrogen and oxygen atoms in total. The number of anilines is 2. The Kier molecular flexibility index (Phi) is 5.86. The lowest BCUT2D eigenvalue weighted by Crippen LogP contribution is -2.29. The Labute approximate surface area is 158 Å². The molecule has 3 amide bonds. The number of rotatable bonds is 7. The van der Waals surface area contributed by atoms with Crippen LogP contribution in [-0.4, -0.2) is 17.7 Å². The van der Waals surface area contributed by atoms with Gasteiger partial charge in [-0.25, -0.2) is 0 Å². The van der Waals surface area contributed by atoms with Crippen molar-refractivity contribution in [2.75, 3.05) is 10.6 Å². The quantitative estimate of drug-likeness (QED) is 0.704. The van der Waals surface area contributed by atoms with Gasteiger partial charge >= 0.3 is 0 Å². The van der Waals surface area contributed by atoms with Crippen LogP contribution in [0, 0.1) is 5.92 Å². The monoisotopic (exact) mass is 365 g/mol. The second kappa shape index (κ2) is 8.49. The second-order valence-electron chi connectivity index (χ2n) is 6.76. The van der Waals surface area contributed by atoms with Gasteiger partial charge in [-0.3, -0.25) is 14.4 Å². The first kappa shape index (κ1) is 18.6. The van der Waals surface area contributed by atoms with Crippen molar-refractivity contribution in [3.05, 3.63) is 60.2 Å². The van der Waals surface area contributed by atoms with E-state index in [4.69, 9.17) is 0 Å². The van der Waals surface area contributed by atoms with Gasteiger partial charge in [-0.2, -0.15) is 0 Å². The molecule has 0 bridgehead atoms. The zero-order valence-electron chi connectivity index (χ0n) is 15.2. The van der Waals surface area contributed by atoms with Crippen molar-refractivity contribution in [2.24, 2.45) is 5.92 Å². The third kappa shape index (κ3) is 5.67. The van der Waals surface area contributed by atoms with Crippen LogP contribution in [-0.2, 0) is 14.4 Å². The smallest absolute Gasteiger partial charge is 0.227 e. The molecule has 3 N–H and O–H groups in total. The van der Waals surface area contributed by atoms with Crippen LogP contribution in [0.2, 0.25) is 0 Å². The molecule has 0 unspecified atom stereocenters. The molecule has 140 valence electrons. The van der Waals surface area contributed by atoms with Gasteiger partial charge in [-0.1, -0.05) is 30.3 Å². The van der Waals surface area contributed by atoms with Gasteiger partial charge in [0.05, 0.1) is 12.5 Å². The lowest BCUT2D eigenvalue weighted by atomic mass is 10.0. The summed E-state index contributed by atoms with van der Waals surface area (Å²) in [6.07, 6.45) is 2.04. The van der Waals surface area contributed by atoms with Crippen LogP contribution in [0.15, 0.2) is 54.6 Å². The largest absolute Gasteiger partial charge is 0.349 e. The van der Waals surface area contributed by atoms with Crippen molar-refractivity contribution in [1.82, 2.24) is 5.32 Å². The standard InChI is InChI=1S/C21H23N3O3/c1-14(25)22-19(15-5-3-2-4-6-15)13-20(26)23-17-9-11-18(12-10-17)24-21(27)16-7-8-16/h2-6,9-12,16,19H,7-8,13H2,1H3,(H,22,25)(H,23,26)(H,24,27)/t19-/m1/s1. The predicted molar refractivity (Wildman–Crippen MR) is 104 cm³/mol. The minimum Gasteiger partial charge on any atom is -0.349 e. The minimum atomic E-state index is -0.388. The van der Waals surface area contributed by atoms with Crippen LogP contribution in [0.5, 0.6) is 0 Å². The number of amides is 3. The Morgan fingerprint density at radius 3 is 2.07 bits per heavy atom. The highest BCUT2D eigenvalue weighted by Gasteiger charge is 2.29. The van der Waals surface area contributed by atoms with Gasteiger partial charge in [0.15, 0.2) is 0 Å². The van der Waals surface area contributed by atoms with E-state index in [1.807, 2.05) is 30.3 Å². The molecule has 0 radical (unpaired) electrons. The Bertz CT molecular complexity index is 814. The van der Waals surface area contributed by atoms with Gasteiger partial charge in [-0.15, -0.1) is 0 Å². The van der Waals surface area contributed by atoms with Crippen molar-refractivity contribution in [2.45, 2.75) is 32.2 Å². The van der Waals surface area contributed by atoms with Crippen LogP contribution in [0.25, 0.3) is 0 Å². The van der Waals surface area contributed by atoms with E-state index in [1.54, 1.807) is 24.3 Å². The molecule has 0 aromatic heterocycles. The SMILES string of the molecule is CC(=O)N[C@H](CC(=O)Nc1ccc(NC(=O)C2CC2)cc1)c1ccccc1. The highest BCUT2D eigenvalue weighted by molar-refractivity contribution is 5.95. The molecule has 0 aliphatic heterocycles. The fourth-order valence-electron chi connectivity index (χ4n) is 2.81. The third-order valence-electron chi connectivity index (χ3n) is 4.35. The molecule has 3 rings (SSSR count). The summed E-state index contributed by atoms with van der Waals surface area (Å²) in [5.41, 5.74) is 2.23. The molecule has 0 spiro atoms. The van der Waals surface area contributed by atoms with Crippen LogP contribution >= 0.6 is 0 Å². The zero-order chi connectivity index (χ0) is 19.2. The summed E-state index contributed by atoms with van der Waals surface area (Å²) in [7, 11) is 0. The van der Waals surface area contributed by atoms with Gasteiger partial charge in [-0.05, 0) is 42.7 Å². The van der Waals surface area contributed by atoms with E-state index >= 15 is 0 Å². The summed E-state index contributed by atoms with van der Waals surface area (Å²) >= 11 is 0. The Morgan fingerprint density at radius 1 is 0.926 bits per heavy atom. The summed E-state index contributed by atoms with van der Waals surface area (Å²) in [6.45, 7) is 1.43. The maximum atomic E-state index is 12.4. The molecule has 27 heavy (non-hydrogen) atoms. The van der Waals surface area contributed by atoms with E-state index in [2.05, 4.69) is 16.0 Å². The van der Waals surface area contributed by atoms with E-state index in [0.29, 0.717) is 11.4 Å². The zero-order valence-corrected chi connectivity index (χ0v) is 15.2. The molecule has 2 aromatic rings. The molecule has 1 fully saturated rings. The fraction of sp³-hybridized carbons (Fsp3) is 0.286. The van der Waals surface area contributed by atoms with Crippen LogP contribution < -0.4 is 16.0 Å². The average Bonchev–Trinajstić information content (AvgIpc) is 3.48. The van der Waals surface area contributed by atoms with Gasteiger partial charge < -0.3 is 16.0 Å². The molecule has 1 atom stereocenters. The van der Waals surface area contributed by atoms with Gasteiger partial charge in [0, 0.05) is 24.2 Å². The van der Waals surface area contributed by atoms with E-state index < -0.39 is 0 Å². The van der Waals surface area contributed by atoms with E-state index in [-0.39, 0.29) is 36.1 Å². The second-order valence-corrected chi connectivity index (χ2v) is 6.76. The number of nitrogens with one attached hydrogen (secondary N) is 3. The first-order valence-electron chi connectivity index (χ1n) is 9.04. The van der Waals surface area contributed by atoms with Gasteiger partial charge in [0.25, 0.3) is 0 Å². The highest BCUT2D eigenvalue weighted by atomic mass is 16.2. The van der Waals surface area contributed by atoms with Crippen LogP contribution in [0.3, 0.4) is 0 Å². The van der Waals surface area contributed by atoms with Crippen molar-refractivity contribution in [3.63, 3.8) is 0 Å². The van der Waals surface area contributed by atoms with Crippen molar-refractivity contribution in [1.29, 1.82) is 0 Å². The molecular formula is C21H23N3O3. The Hall–Kier alpha value is -3.15. The molecular weight excluding hydrogens is 342 g/mol. The maximum Gasteiger partial charge on any atom is 0.227 e. The molecule has 2 aromatic carbocycles. The third-order valence-corrected chi connectivity index (χ3v) is 4.35. The van der Waals surface area contributed by atoms with Crippen LogP contribution in [0.1, 0.15) is 37.8 Å². The topological polar surface area (TPSA) is 87.3 Å². The highest BCUT2D eigenvalue weighted by Crippen LogP contribution is 2.30. The summed E-state index contributed by atoms with van der Waals surface area (Å²) in [6, 6.07) is 16.0. The van der Waals surface area contributed by atoms with E-state index in [9.17, 15) is 14.4 Å². The molecule has 1 saturated carbocycles. The normalized spacial score (nSPS) is 14.1. The van der Waals surface area contributed by atoms with Crippen molar-refractivity contribution in [3.8, 4) is 0 Å². The lowest BCUT2D eigenvalue weighted by molar-refractivity contribution is -0.120. The van der Waals surface area contributed by atoms with Gasteiger partial charge in [0.2, 0.25) is 17.7 Å². The predicted octanol–water partition coefficient (Wildman–Crippen LogP) is 3.24. The molecule has 0 saturated heterocycles.